The Morgan fingerprint density at radius 1 is 0.864 bits per heavy atom. The number of allylic oxidation sites excluding steroid dienone is 2. The molecule has 4 aliphatic rings. The number of fused-ring (bicyclic) bond motifs is 4. The lowest BCUT2D eigenvalue weighted by Crippen LogP contribution is -2.60. The smallest absolute Gasteiger partial charge is 0.258 e. The topological polar surface area (TPSA) is 95.0 Å². The number of anilines is 2. The summed E-state index contributed by atoms with van der Waals surface area (Å²) in [6.07, 6.45) is 1.80. The minimum absolute atomic E-state index is 0.0925. The third-order valence-electron chi connectivity index (χ3n) is 9.51. The van der Waals surface area contributed by atoms with Crippen LogP contribution in [0.5, 0.6) is 5.75 Å². The molecule has 6 unspecified atom stereocenters. The van der Waals surface area contributed by atoms with Crippen LogP contribution in [0.1, 0.15) is 29.9 Å². The van der Waals surface area contributed by atoms with Crippen LogP contribution in [0.4, 0.5) is 15.8 Å². The van der Waals surface area contributed by atoms with E-state index in [1.807, 2.05) is 13.0 Å². The molecule has 3 fully saturated rings. The molecule has 7 rings (SSSR count). The molecule has 0 radical (unpaired) electrons. The van der Waals surface area contributed by atoms with E-state index < -0.39 is 62.9 Å². The molecule has 2 aliphatic carbocycles. The van der Waals surface area contributed by atoms with Crippen molar-refractivity contribution in [2.45, 2.75) is 35.4 Å². The predicted molar refractivity (Wildman–Crippen MR) is 163 cm³/mol. The molecule has 4 amide bonds. The van der Waals surface area contributed by atoms with Gasteiger partial charge in [-0.1, -0.05) is 41.4 Å². The van der Waals surface area contributed by atoms with Gasteiger partial charge < -0.3 is 5.11 Å². The zero-order valence-corrected chi connectivity index (χ0v) is 25.4. The van der Waals surface area contributed by atoms with Gasteiger partial charge in [-0.05, 0) is 85.3 Å². The molecule has 1 N–H and O–H groups in total. The number of rotatable bonds is 3. The maximum atomic E-state index is 14.3. The highest BCUT2D eigenvalue weighted by Crippen LogP contribution is 2.66. The van der Waals surface area contributed by atoms with E-state index in [1.165, 1.54) is 24.3 Å². The molecule has 6 atom stereocenters. The fourth-order valence-electron chi connectivity index (χ4n) is 7.45. The lowest BCUT2D eigenvalue weighted by molar-refractivity contribution is -0.125. The van der Waals surface area contributed by atoms with Gasteiger partial charge in [0.25, 0.3) is 11.8 Å². The van der Waals surface area contributed by atoms with Crippen molar-refractivity contribution >= 4 is 69.8 Å². The minimum atomic E-state index is -2.07. The minimum Gasteiger partial charge on any atom is -0.508 e. The average Bonchev–Trinajstić information content (AvgIpc) is 3.33. The Labute approximate surface area is 266 Å². The number of benzene rings is 3. The van der Waals surface area contributed by atoms with Crippen molar-refractivity contribution in [2.75, 3.05) is 9.80 Å². The maximum Gasteiger partial charge on any atom is 0.258 e. The van der Waals surface area contributed by atoms with Crippen molar-refractivity contribution in [1.29, 1.82) is 0 Å². The number of phenolic OH excluding ortho intramolecular Hbond substituents is 1. The van der Waals surface area contributed by atoms with E-state index in [9.17, 15) is 28.7 Å². The number of aryl methyl sites for hydroxylation is 1. The lowest BCUT2D eigenvalue weighted by atomic mass is 9.56. The zero-order chi connectivity index (χ0) is 31.3. The molecule has 1 saturated carbocycles. The van der Waals surface area contributed by atoms with Gasteiger partial charge in [-0.3, -0.25) is 19.2 Å². The Balaban J connectivity index is 1.39. The number of amides is 4. The molecule has 0 aromatic heterocycles. The highest BCUT2D eigenvalue weighted by Gasteiger charge is 2.76. The Morgan fingerprint density at radius 2 is 1.57 bits per heavy atom. The Hall–Kier alpha value is -3.72. The first-order valence-corrected chi connectivity index (χ1v) is 15.2. The SMILES string of the molecule is Cc1ccc(N2C(=O)C3CC=C4C(CC5(Cl)C(=O)N(c6ccc(F)cc6)C(=O)C5(Cl)C4c4cccc(O)c4)C3C2=O)cc1Cl. The number of aromatic hydroxyl groups is 1. The van der Waals surface area contributed by atoms with Gasteiger partial charge in [0.05, 0.1) is 23.2 Å². The second-order valence-electron chi connectivity index (χ2n) is 11.8. The van der Waals surface area contributed by atoms with Gasteiger partial charge in [0.1, 0.15) is 11.6 Å². The average molecular weight is 654 g/mol. The monoisotopic (exact) mass is 652 g/mol. The Bertz CT molecular complexity index is 1830. The summed E-state index contributed by atoms with van der Waals surface area (Å²) in [4.78, 5) is 54.3. The number of hydrogen-bond donors (Lipinski definition) is 1. The molecule has 11 heteroatoms. The number of imide groups is 2. The molecular weight excluding hydrogens is 630 g/mol. The van der Waals surface area contributed by atoms with Crippen LogP contribution in [0.3, 0.4) is 0 Å². The molecule has 224 valence electrons. The van der Waals surface area contributed by atoms with E-state index in [-0.39, 0.29) is 24.3 Å². The van der Waals surface area contributed by atoms with E-state index in [2.05, 4.69) is 0 Å². The molecule has 3 aromatic rings. The van der Waals surface area contributed by atoms with Crippen LogP contribution in [-0.4, -0.2) is 38.5 Å². The normalized spacial score (nSPS) is 31.2. The number of carbonyl (C=O) groups is 4. The van der Waals surface area contributed by atoms with Crippen molar-refractivity contribution in [2.24, 2.45) is 17.8 Å². The van der Waals surface area contributed by atoms with Gasteiger partial charge in [-0.2, -0.15) is 0 Å². The number of alkyl halides is 2. The van der Waals surface area contributed by atoms with E-state index in [0.29, 0.717) is 21.8 Å². The van der Waals surface area contributed by atoms with Gasteiger partial charge in [0.15, 0.2) is 9.75 Å². The van der Waals surface area contributed by atoms with Crippen molar-refractivity contribution in [3.8, 4) is 5.75 Å². The van der Waals surface area contributed by atoms with Crippen LogP contribution < -0.4 is 9.80 Å². The highest BCUT2D eigenvalue weighted by atomic mass is 35.5. The van der Waals surface area contributed by atoms with Crippen molar-refractivity contribution in [3.05, 3.63) is 100 Å². The summed E-state index contributed by atoms with van der Waals surface area (Å²) in [5.41, 5.74) is 2.23. The number of nitrogens with zero attached hydrogens (tertiary/aromatic N) is 2. The molecule has 7 nitrogen and oxygen atoms in total. The number of halogens is 4. The molecule has 2 aliphatic heterocycles. The van der Waals surface area contributed by atoms with Crippen LogP contribution >= 0.6 is 34.8 Å². The van der Waals surface area contributed by atoms with E-state index >= 15 is 0 Å². The lowest BCUT2D eigenvalue weighted by Gasteiger charge is -2.50. The van der Waals surface area contributed by atoms with E-state index in [0.717, 1.165) is 27.5 Å². The van der Waals surface area contributed by atoms with Crippen LogP contribution in [-0.2, 0) is 19.2 Å². The third-order valence-corrected chi connectivity index (χ3v) is 11.3. The van der Waals surface area contributed by atoms with Crippen molar-refractivity contribution < 1.29 is 28.7 Å². The van der Waals surface area contributed by atoms with Gasteiger partial charge in [0, 0.05) is 10.9 Å². The van der Waals surface area contributed by atoms with E-state index in [4.69, 9.17) is 34.8 Å². The molecule has 0 spiro atoms. The van der Waals surface area contributed by atoms with Crippen LogP contribution in [0.2, 0.25) is 5.02 Å². The fraction of sp³-hybridized carbons (Fsp3) is 0.273. The highest BCUT2D eigenvalue weighted by molar-refractivity contribution is 6.58. The number of phenols is 1. The Kier molecular flexibility index (Phi) is 6.52. The molecule has 0 bridgehead atoms. The van der Waals surface area contributed by atoms with Gasteiger partial charge in [0.2, 0.25) is 11.8 Å². The molecule has 2 saturated heterocycles. The van der Waals surface area contributed by atoms with Crippen molar-refractivity contribution in [1.82, 2.24) is 0 Å². The summed E-state index contributed by atoms with van der Waals surface area (Å²) in [5.74, 6) is -6.51. The summed E-state index contributed by atoms with van der Waals surface area (Å²) >= 11 is 21.0. The summed E-state index contributed by atoms with van der Waals surface area (Å²) in [6.45, 7) is 1.81. The maximum absolute atomic E-state index is 14.3. The molecule has 44 heavy (non-hydrogen) atoms. The zero-order valence-electron chi connectivity index (χ0n) is 23.1. The predicted octanol–water partition coefficient (Wildman–Crippen LogP) is 6.26. The van der Waals surface area contributed by atoms with Crippen molar-refractivity contribution in [3.63, 3.8) is 0 Å². The standard InChI is InChI=1S/C33H24Cl3FN2O5/c1-16-5-8-20(14-25(16)34)38-28(41)23-12-11-22-24(26(23)29(38)42)15-32(35)30(43)39(19-9-6-18(37)7-10-19)31(44)33(32,36)27(22)17-3-2-4-21(40)13-17/h2-11,13-14,23-24,26-27,40H,12,15H2,1H3. The summed E-state index contributed by atoms with van der Waals surface area (Å²) in [6, 6.07) is 15.9. The van der Waals surface area contributed by atoms with Gasteiger partial charge >= 0.3 is 0 Å². The summed E-state index contributed by atoms with van der Waals surface area (Å²) in [5, 5.41) is 10.8. The summed E-state index contributed by atoms with van der Waals surface area (Å²) < 4.78 is 13.8. The van der Waals surface area contributed by atoms with Gasteiger partial charge in [-0.15, -0.1) is 23.2 Å². The largest absolute Gasteiger partial charge is 0.508 e. The first-order chi connectivity index (χ1) is 20.9. The third kappa shape index (κ3) is 3.80. The van der Waals surface area contributed by atoms with Crippen LogP contribution in [0, 0.1) is 30.5 Å². The van der Waals surface area contributed by atoms with Crippen LogP contribution in [0.25, 0.3) is 0 Å². The molecular formula is C33H24Cl3FN2O5. The second-order valence-corrected chi connectivity index (χ2v) is 13.4. The number of hydrogen-bond acceptors (Lipinski definition) is 5. The first kappa shape index (κ1) is 29.0. The fourth-order valence-corrected chi connectivity index (χ4v) is 8.56. The van der Waals surface area contributed by atoms with Gasteiger partial charge in [-0.25, -0.2) is 14.2 Å². The second kappa shape index (κ2) is 9.89. The molecule has 3 aromatic carbocycles. The van der Waals surface area contributed by atoms with E-state index in [1.54, 1.807) is 30.3 Å². The summed E-state index contributed by atoms with van der Waals surface area (Å²) in [7, 11) is 0. The molecule has 2 heterocycles. The first-order valence-electron chi connectivity index (χ1n) is 14.0. The van der Waals surface area contributed by atoms with Crippen LogP contribution in [0.15, 0.2) is 78.4 Å². The Morgan fingerprint density at radius 3 is 2.25 bits per heavy atom. The quantitative estimate of drug-likeness (QED) is 0.205. The number of carbonyl (C=O) groups excluding carboxylic acids is 4.